The van der Waals surface area contributed by atoms with E-state index in [-0.39, 0.29) is 0 Å². The summed E-state index contributed by atoms with van der Waals surface area (Å²) in [7, 11) is 0. The van der Waals surface area contributed by atoms with E-state index in [0.717, 1.165) is 16.9 Å². The Morgan fingerprint density at radius 3 is 2.19 bits per heavy atom. The smallest absolute Gasteiger partial charge is 0.269 e. The molecule has 2 N–H and O–H groups in total. The minimum atomic E-state index is 0.358. The zero-order valence-electron chi connectivity index (χ0n) is 14.5. The molecule has 0 atom stereocenters. The van der Waals surface area contributed by atoms with E-state index in [9.17, 15) is 4.79 Å². The molecule has 0 fully saturated rings. The summed E-state index contributed by atoms with van der Waals surface area (Å²) in [5.41, 5.74) is 7.95. The Kier molecular flexibility index (Phi) is 6.38. The van der Waals surface area contributed by atoms with E-state index in [0.29, 0.717) is 23.9 Å². The SMILES string of the molecule is O=CNNc1ccc(N(Cc2ccccc2)C(=S)Oc2ccccc2)cc1. The first-order chi connectivity index (χ1) is 13.3. The fraction of sp³-hybridized carbons (Fsp3) is 0.0476. The Hall–Kier alpha value is -3.38. The Labute approximate surface area is 163 Å². The van der Waals surface area contributed by atoms with Crippen LogP contribution in [0.5, 0.6) is 5.75 Å². The van der Waals surface area contributed by atoms with E-state index >= 15 is 0 Å². The lowest BCUT2D eigenvalue weighted by molar-refractivity contribution is -0.109. The van der Waals surface area contributed by atoms with Crippen molar-refractivity contribution >= 4 is 35.2 Å². The largest absolute Gasteiger partial charge is 0.432 e. The zero-order chi connectivity index (χ0) is 18.9. The van der Waals surface area contributed by atoms with Crippen molar-refractivity contribution < 1.29 is 9.53 Å². The quantitative estimate of drug-likeness (QED) is 0.368. The number of carbonyl (C=O) groups is 1. The van der Waals surface area contributed by atoms with Crippen LogP contribution >= 0.6 is 12.2 Å². The predicted molar refractivity (Wildman–Crippen MR) is 112 cm³/mol. The highest BCUT2D eigenvalue weighted by atomic mass is 32.1. The molecule has 0 aliphatic carbocycles. The summed E-state index contributed by atoms with van der Waals surface area (Å²) < 4.78 is 5.88. The second kappa shape index (κ2) is 9.35. The number of hydrogen-bond donors (Lipinski definition) is 2. The average Bonchev–Trinajstić information content (AvgIpc) is 2.72. The summed E-state index contributed by atoms with van der Waals surface area (Å²) in [4.78, 5) is 12.3. The molecule has 27 heavy (non-hydrogen) atoms. The number of nitrogens with one attached hydrogen (secondary N) is 2. The number of rotatable bonds is 7. The van der Waals surface area contributed by atoms with Crippen molar-refractivity contribution in [2.24, 2.45) is 0 Å². The molecule has 1 amide bonds. The molecular weight excluding hydrogens is 358 g/mol. The van der Waals surface area contributed by atoms with Gasteiger partial charge in [0, 0.05) is 5.69 Å². The molecule has 136 valence electrons. The van der Waals surface area contributed by atoms with Gasteiger partial charge in [-0.25, -0.2) is 0 Å². The molecule has 3 aromatic rings. The summed E-state index contributed by atoms with van der Waals surface area (Å²) in [5.74, 6) is 0.689. The number of para-hydroxylation sites is 1. The number of hydrazine groups is 1. The Bertz CT molecular complexity index is 871. The van der Waals surface area contributed by atoms with Crippen molar-refractivity contribution in [2.75, 3.05) is 10.3 Å². The lowest BCUT2D eigenvalue weighted by atomic mass is 10.2. The third kappa shape index (κ3) is 5.29. The van der Waals surface area contributed by atoms with Crippen LogP contribution in [0.4, 0.5) is 11.4 Å². The van der Waals surface area contributed by atoms with Crippen molar-refractivity contribution in [2.45, 2.75) is 6.54 Å². The zero-order valence-corrected chi connectivity index (χ0v) is 15.4. The predicted octanol–water partition coefficient (Wildman–Crippen LogP) is 4.13. The fourth-order valence-corrected chi connectivity index (χ4v) is 2.78. The van der Waals surface area contributed by atoms with E-state index in [1.165, 1.54) is 0 Å². The van der Waals surface area contributed by atoms with Crippen LogP contribution in [0, 0.1) is 0 Å². The molecule has 0 aliphatic heterocycles. The van der Waals surface area contributed by atoms with E-state index in [4.69, 9.17) is 17.0 Å². The topological polar surface area (TPSA) is 53.6 Å². The molecule has 0 aliphatic rings. The second-order valence-electron chi connectivity index (χ2n) is 5.69. The fourth-order valence-electron chi connectivity index (χ4n) is 2.51. The number of carbonyl (C=O) groups excluding carboxylic acids is 1. The van der Waals surface area contributed by atoms with Crippen LogP contribution < -0.4 is 20.5 Å². The van der Waals surface area contributed by atoms with Crippen LogP contribution in [0.3, 0.4) is 0 Å². The van der Waals surface area contributed by atoms with Gasteiger partial charge < -0.3 is 4.74 Å². The number of benzene rings is 3. The van der Waals surface area contributed by atoms with Gasteiger partial charge in [0.05, 0.1) is 12.2 Å². The van der Waals surface area contributed by atoms with Gasteiger partial charge in [0.2, 0.25) is 6.41 Å². The summed E-state index contributed by atoms with van der Waals surface area (Å²) in [6.45, 7) is 0.575. The highest BCUT2D eigenvalue weighted by molar-refractivity contribution is 7.80. The molecule has 0 saturated carbocycles. The molecule has 3 aromatic carbocycles. The summed E-state index contributed by atoms with van der Waals surface area (Å²) >= 11 is 5.57. The van der Waals surface area contributed by atoms with Gasteiger partial charge >= 0.3 is 0 Å². The standard InChI is InChI=1S/C21H19N3O2S/c25-16-22-23-18-11-13-19(14-12-18)24(15-17-7-3-1-4-8-17)21(27)26-20-9-5-2-6-10-20/h1-14,16,23H,15H2,(H,22,25). The Morgan fingerprint density at radius 1 is 0.926 bits per heavy atom. The van der Waals surface area contributed by atoms with E-state index in [1.54, 1.807) is 0 Å². The van der Waals surface area contributed by atoms with Gasteiger partial charge in [-0.3, -0.25) is 20.5 Å². The molecule has 0 heterocycles. The van der Waals surface area contributed by atoms with Crippen LogP contribution in [-0.2, 0) is 11.3 Å². The van der Waals surface area contributed by atoms with Crippen molar-refractivity contribution in [3.63, 3.8) is 0 Å². The summed E-state index contributed by atoms with van der Waals surface area (Å²) in [6, 6.07) is 27.1. The maximum atomic E-state index is 10.4. The molecule has 3 rings (SSSR count). The monoisotopic (exact) mass is 377 g/mol. The molecule has 0 spiro atoms. The van der Waals surface area contributed by atoms with Crippen LogP contribution in [0.25, 0.3) is 0 Å². The third-order valence-corrected chi connectivity index (χ3v) is 4.11. The first-order valence-electron chi connectivity index (χ1n) is 8.40. The molecule has 0 bridgehead atoms. The van der Waals surface area contributed by atoms with Gasteiger partial charge in [-0.2, -0.15) is 0 Å². The normalized spacial score (nSPS) is 9.93. The molecule has 5 nitrogen and oxygen atoms in total. The van der Waals surface area contributed by atoms with E-state index in [2.05, 4.69) is 10.9 Å². The highest BCUT2D eigenvalue weighted by Gasteiger charge is 2.15. The molecule has 6 heteroatoms. The molecule has 0 saturated heterocycles. The van der Waals surface area contributed by atoms with Crippen molar-refractivity contribution in [3.8, 4) is 5.75 Å². The number of ether oxygens (including phenoxy) is 1. The number of amides is 1. The third-order valence-electron chi connectivity index (χ3n) is 3.81. The van der Waals surface area contributed by atoms with Gasteiger partial charge in [0.15, 0.2) is 0 Å². The minimum Gasteiger partial charge on any atom is -0.432 e. The maximum Gasteiger partial charge on any atom is 0.269 e. The lowest BCUT2D eigenvalue weighted by Gasteiger charge is -2.25. The summed E-state index contributed by atoms with van der Waals surface area (Å²) in [6.07, 6.45) is 0.582. The summed E-state index contributed by atoms with van der Waals surface area (Å²) in [5, 5.41) is 0.358. The van der Waals surface area contributed by atoms with Crippen LogP contribution in [0.2, 0.25) is 0 Å². The van der Waals surface area contributed by atoms with Crippen molar-refractivity contribution in [1.29, 1.82) is 0 Å². The van der Waals surface area contributed by atoms with Crippen molar-refractivity contribution in [3.05, 3.63) is 90.5 Å². The maximum absolute atomic E-state index is 10.4. The van der Waals surface area contributed by atoms with E-state index < -0.39 is 0 Å². The van der Waals surface area contributed by atoms with Gasteiger partial charge in [-0.05, 0) is 54.2 Å². The first kappa shape index (κ1) is 18.4. The number of thiocarbonyl (C=S) groups is 1. The van der Waals surface area contributed by atoms with Crippen LogP contribution in [0.15, 0.2) is 84.9 Å². The number of anilines is 2. The van der Waals surface area contributed by atoms with Crippen LogP contribution in [-0.4, -0.2) is 11.6 Å². The first-order valence-corrected chi connectivity index (χ1v) is 8.80. The second-order valence-corrected chi connectivity index (χ2v) is 6.04. The number of nitrogens with zero attached hydrogens (tertiary/aromatic N) is 1. The Morgan fingerprint density at radius 2 is 1.56 bits per heavy atom. The van der Waals surface area contributed by atoms with Gasteiger partial charge in [-0.15, -0.1) is 0 Å². The Balaban J connectivity index is 1.82. The molecule has 0 radical (unpaired) electrons. The minimum absolute atomic E-state index is 0.358. The molecule has 0 aromatic heterocycles. The van der Waals surface area contributed by atoms with Crippen LogP contribution in [0.1, 0.15) is 5.56 Å². The highest BCUT2D eigenvalue weighted by Crippen LogP contribution is 2.22. The molecule has 0 unspecified atom stereocenters. The van der Waals surface area contributed by atoms with E-state index in [1.807, 2.05) is 89.8 Å². The van der Waals surface area contributed by atoms with Crippen molar-refractivity contribution in [1.82, 2.24) is 5.43 Å². The number of hydrogen-bond acceptors (Lipinski definition) is 4. The van der Waals surface area contributed by atoms with Gasteiger partial charge in [0.1, 0.15) is 5.75 Å². The average molecular weight is 377 g/mol. The van der Waals surface area contributed by atoms with Gasteiger partial charge in [-0.1, -0.05) is 48.5 Å². The lowest BCUT2D eigenvalue weighted by Crippen LogP contribution is -2.32. The van der Waals surface area contributed by atoms with Gasteiger partial charge in [0.25, 0.3) is 5.17 Å². The molecular formula is C21H19N3O2S.